The van der Waals surface area contributed by atoms with Crippen LogP contribution in [-0.2, 0) is 19.5 Å². The highest BCUT2D eigenvalue weighted by molar-refractivity contribution is 6.00. The lowest BCUT2D eigenvalue weighted by atomic mass is 9.64. The topological polar surface area (TPSA) is 17.6 Å². The number of para-hydroxylation sites is 6. The van der Waals surface area contributed by atoms with Crippen LogP contribution in [0.4, 0.5) is 11.4 Å². The van der Waals surface area contributed by atoms with Gasteiger partial charge in [-0.2, -0.15) is 0 Å². The van der Waals surface area contributed by atoms with Crippen molar-refractivity contribution in [2.24, 2.45) is 14.1 Å². The van der Waals surface area contributed by atoms with E-state index in [-0.39, 0.29) is 0 Å². The predicted molar refractivity (Wildman–Crippen MR) is 180 cm³/mol. The number of hydrogen-bond donors (Lipinski definition) is 0. The number of hydrogen-bond acceptors (Lipinski definition) is 0. The summed E-state index contributed by atoms with van der Waals surface area (Å²) >= 11 is 0. The Bertz CT molecular complexity index is 2550. The van der Waals surface area contributed by atoms with Crippen molar-refractivity contribution in [1.29, 1.82) is 0 Å². The van der Waals surface area contributed by atoms with Crippen LogP contribution in [0.2, 0.25) is 0 Å². The fourth-order valence-electron chi connectivity index (χ4n) is 10.1. The molecule has 214 valence electrons. The molecule has 4 aliphatic rings. The largest absolute Gasteiger partial charge is 0.351 e. The molecule has 2 spiro atoms. The minimum atomic E-state index is -0.456. The second kappa shape index (κ2) is 7.36. The SMILES string of the molecule is Cn1c2[n+](c3ccccc31)[N+]13c4c-2cccc4C2(c4ccccc4-c4ccccc42)c2cccc(c21)-c1n(C)c2ccccc2[n+]13. The van der Waals surface area contributed by atoms with E-state index in [0.717, 1.165) is 0 Å². The van der Waals surface area contributed by atoms with Crippen molar-refractivity contribution in [3.8, 4) is 33.9 Å². The summed E-state index contributed by atoms with van der Waals surface area (Å²) in [5.41, 5.74) is 17.8. The summed E-state index contributed by atoms with van der Waals surface area (Å²) in [6.45, 7) is 0. The molecule has 5 nitrogen and oxygen atoms in total. The first-order valence-electron chi connectivity index (χ1n) is 16.1. The van der Waals surface area contributed by atoms with Gasteiger partial charge in [0.1, 0.15) is 11.1 Å². The molecular formula is C41H28N5+3. The molecule has 6 aromatic carbocycles. The van der Waals surface area contributed by atoms with E-state index in [1.165, 1.54) is 89.6 Å². The van der Waals surface area contributed by atoms with Crippen molar-refractivity contribution in [2.75, 3.05) is 0 Å². The first-order chi connectivity index (χ1) is 22.7. The third-order valence-corrected chi connectivity index (χ3v) is 11.5. The predicted octanol–water partition coefficient (Wildman–Crippen LogP) is 7.45. The van der Waals surface area contributed by atoms with Gasteiger partial charge in [0.25, 0.3) is 0 Å². The van der Waals surface area contributed by atoms with Gasteiger partial charge in [-0.05, 0) is 58.7 Å². The maximum Gasteiger partial charge on any atom is 0.351 e. The minimum absolute atomic E-state index is 0.456. The fraction of sp³-hybridized carbons (Fsp3) is 0.0732. The summed E-state index contributed by atoms with van der Waals surface area (Å²) in [6.07, 6.45) is 0. The molecule has 3 aliphatic heterocycles. The van der Waals surface area contributed by atoms with E-state index >= 15 is 0 Å². The van der Waals surface area contributed by atoms with E-state index in [4.69, 9.17) is 0 Å². The van der Waals surface area contributed by atoms with E-state index in [0.29, 0.717) is 4.70 Å². The van der Waals surface area contributed by atoms with Crippen LogP contribution in [0, 0.1) is 0 Å². The molecule has 8 aromatic rings. The van der Waals surface area contributed by atoms with Gasteiger partial charge < -0.3 is 0 Å². The Labute approximate surface area is 265 Å². The molecule has 0 bridgehead atoms. The monoisotopic (exact) mass is 590 g/mol. The maximum atomic E-state index is 2.62. The summed E-state index contributed by atoms with van der Waals surface area (Å²) in [7, 11) is 4.47. The Morgan fingerprint density at radius 1 is 0.435 bits per heavy atom. The number of imidazole rings is 2. The van der Waals surface area contributed by atoms with E-state index < -0.39 is 5.41 Å². The molecule has 5 heterocycles. The van der Waals surface area contributed by atoms with Gasteiger partial charge in [0.05, 0.1) is 24.2 Å². The first kappa shape index (κ1) is 23.6. The van der Waals surface area contributed by atoms with Gasteiger partial charge in [0.15, 0.2) is 11.0 Å². The molecule has 2 aromatic heterocycles. The molecule has 5 heteroatoms. The fourth-order valence-corrected chi connectivity index (χ4v) is 10.1. The summed E-state index contributed by atoms with van der Waals surface area (Å²) in [4.78, 5) is 0. The zero-order chi connectivity index (χ0) is 30.1. The Kier molecular flexibility index (Phi) is 3.77. The number of nitrogens with zero attached hydrogens (tertiary/aromatic N) is 5. The Morgan fingerprint density at radius 2 is 0.826 bits per heavy atom. The van der Waals surface area contributed by atoms with Crippen molar-refractivity contribution in [2.45, 2.75) is 5.41 Å². The van der Waals surface area contributed by atoms with Crippen molar-refractivity contribution in [3.05, 3.63) is 156 Å². The Balaban J connectivity index is 1.41. The highest BCUT2D eigenvalue weighted by Gasteiger charge is 2.74. The van der Waals surface area contributed by atoms with Crippen molar-refractivity contribution in [3.63, 3.8) is 0 Å². The van der Waals surface area contributed by atoms with E-state index in [1.807, 2.05) is 0 Å². The molecule has 1 aliphatic carbocycles. The number of fused-ring (bicyclic) bond motifs is 15. The average molecular weight is 591 g/mol. The average Bonchev–Trinajstić information content (AvgIpc) is 3.85. The summed E-state index contributed by atoms with van der Waals surface area (Å²) in [6, 6.07) is 50.2. The molecule has 0 fully saturated rings. The first-order valence-corrected chi connectivity index (χ1v) is 16.1. The molecule has 0 unspecified atom stereocenters. The van der Waals surface area contributed by atoms with Crippen LogP contribution in [0.25, 0.3) is 56.0 Å². The van der Waals surface area contributed by atoms with Crippen molar-refractivity contribution >= 4 is 33.4 Å². The lowest BCUT2D eigenvalue weighted by Gasteiger charge is -2.40. The van der Waals surface area contributed by atoms with E-state index in [2.05, 4.69) is 166 Å². The quantitative estimate of drug-likeness (QED) is 0.129. The van der Waals surface area contributed by atoms with Gasteiger partial charge >= 0.3 is 11.6 Å². The summed E-state index contributed by atoms with van der Waals surface area (Å²) < 4.78 is 10.5. The lowest BCUT2D eigenvalue weighted by molar-refractivity contribution is -1.00. The van der Waals surface area contributed by atoms with Crippen LogP contribution < -0.4 is 14.1 Å². The molecule has 0 radical (unpaired) electrons. The lowest BCUT2D eigenvalue weighted by Crippen LogP contribution is -2.82. The highest BCUT2D eigenvalue weighted by Crippen LogP contribution is 2.68. The number of quaternary nitrogens is 1. The number of aryl methyl sites for hydroxylation is 2. The standard InChI is InChI=1S/C41H28N5/c1-42-33-21-7-9-23-35(33)44-39(42)27-15-11-19-31-37(27)46(44)38-28(40-43(2)34-22-8-10-24-36(34)45(40)46)16-12-20-32(38)41(31)29-17-5-3-13-25(29)26-14-4-6-18-30(26)41/h3-24H,1-2H3/q+3. The molecule has 0 N–H and O–H groups in total. The van der Waals surface area contributed by atoms with Gasteiger partial charge in [-0.25, -0.2) is 9.13 Å². The van der Waals surface area contributed by atoms with Gasteiger partial charge in [-0.1, -0.05) is 97.1 Å². The van der Waals surface area contributed by atoms with E-state index in [1.54, 1.807) is 0 Å². The zero-order valence-corrected chi connectivity index (χ0v) is 25.4. The van der Waals surface area contributed by atoms with Gasteiger partial charge in [0, 0.05) is 20.5 Å². The minimum Gasteiger partial charge on any atom is -0.221 e. The Morgan fingerprint density at radius 3 is 1.33 bits per heavy atom. The van der Waals surface area contributed by atoms with Gasteiger partial charge in [-0.15, -0.1) is 0 Å². The van der Waals surface area contributed by atoms with Crippen LogP contribution in [0.15, 0.2) is 133 Å². The van der Waals surface area contributed by atoms with Crippen LogP contribution in [0.3, 0.4) is 0 Å². The molecular weight excluding hydrogens is 562 g/mol. The van der Waals surface area contributed by atoms with Crippen molar-refractivity contribution in [1.82, 2.24) is 13.8 Å². The van der Waals surface area contributed by atoms with Gasteiger partial charge in [-0.3, -0.25) is 0 Å². The van der Waals surface area contributed by atoms with Crippen LogP contribution in [-0.4, -0.2) is 9.13 Å². The van der Waals surface area contributed by atoms with Crippen molar-refractivity contribution < 1.29 is 9.35 Å². The second-order valence-corrected chi connectivity index (χ2v) is 13.2. The molecule has 0 amide bonds. The molecule has 46 heavy (non-hydrogen) atoms. The second-order valence-electron chi connectivity index (χ2n) is 13.2. The smallest absolute Gasteiger partial charge is 0.221 e. The van der Waals surface area contributed by atoms with Crippen LogP contribution >= 0.6 is 0 Å². The maximum absolute atomic E-state index is 2.62. The summed E-state index contributed by atoms with van der Waals surface area (Å²) in [5, 5.41) is 0. The number of aromatic nitrogens is 4. The third kappa shape index (κ3) is 2.12. The van der Waals surface area contributed by atoms with Crippen LogP contribution in [0.1, 0.15) is 22.3 Å². The van der Waals surface area contributed by atoms with Crippen LogP contribution in [0.5, 0.6) is 0 Å². The molecule has 12 rings (SSSR count). The normalized spacial score (nSPS) is 16.0. The molecule has 0 saturated heterocycles. The molecule has 0 saturated carbocycles. The van der Waals surface area contributed by atoms with E-state index in [9.17, 15) is 0 Å². The summed E-state index contributed by atoms with van der Waals surface area (Å²) in [5.74, 6) is 2.45. The molecule has 0 atom stereocenters. The Hall–Kier alpha value is -5.78. The van der Waals surface area contributed by atoms with Gasteiger partial charge in [0.2, 0.25) is 22.4 Å². The zero-order valence-electron chi connectivity index (χ0n) is 25.4. The number of rotatable bonds is 0. The highest BCUT2D eigenvalue weighted by atomic mass is 15.9. The number of benzene rings is 6. The third-order valence-electron chi connectivity index (χ3n) is 11.5.